The summed E-state index contributed by atoms with van der Waals surface area (Å²) in [4.78, 5) is 38.9. The number of aryl methyl sites for hydroxylation is 1. The highest BCUT2D eigenvalue weighted by atomic mass is 32.2. The molecule has 0 bridgehead atoms. The van der Waals surface area contributed by atoms with Crippen molar-refractivity contribution >= 4 is 33.2 Å². The molecule has 202 valence electrons. The van der Waals surface area contributed by atoms with E-state index in [1.165, 1.54) is 24.1 Å². The second-order valence-electron chi connectivity index (χ2n) is 8.92. The normalized spacial score (nSPS) is 12.1. The summed E-state index contributed by atoms with van der Waals surface area (Å²) in [6.45, 7) is 6.63. The predicted octanol–water partition coefficient (Wildman–Crippen LogP) is 3.01. The van der Waals surface area contributed by atoms with E-state index < -0.39 is 33.4 Å². The molecular formula is C25H34N4O7S. The van der Waals surface area contributed by atoms with Crippen LogP contribution in [0.2, 0.25) is 0 Å². The van der Waals surface area contributed by atoms with Gasteiger partial charge in [-0.2, -0.15) is 0 Å². The Hall–Kier alpha value is -3.67. The average Bonchev–Trinajstić information content (AvgIpc) is 2.81. The van der Waals surface area contributed by atoms with Gasteiger partial charge in [-0.15, -0.1) is 0 Å². The van der Waals surface area contributed by atoms with Gasteiger partial charge in [0.2, 0.25) is 21.8 Å². The molecule has 0 aliphatic carbocycles. The minimum Gasteiger partial charge on any atom is -0.495 e. The molecule has 2 aromatic carbocycles. The lowest BCUT2D eigenvalue weighted by Gasteiger charge is -2.33. The van der Waals surface area contributed by atoms with Gasteiger partial charge in [-0.3, -0.25) is 24.0 Å². The lowest BCUT2D eigenvalue weighted by atomic mass is 10.1. The summed E-state index contributed by atoms with van der Waals surface area (Å²) in [7, 11) is -2.80. The van der Waals surface area contributed by atoms with Crippen LogP contribution in [0.4, 0.5) is 11.4 Å². The first-order valence-electron chi connectivity index (χ1n) is 11.7. The molecule has 0 aliphatic rings. The number of rotatable bonds is 12. The maximum absolute atomic E-state index is 13.8. The van der Waals surface area contributed by atoms with Crippen LogP contribution in [0.15, 0.2) is 42.5 Å². The molecule has 0 saturated heterocycles. The van der Waals surface area contributed by atoms with E-state index in [0.717, 1.165) is 27.8 Å². The minimum absolute atomic E-state index is 0.0406. The number of hydrogen-bond acceptors (Lipinski definition) is 7. The topological polar surface area (TPSA) is 139 Å². The van der Waals surface area contributed by atoms with Crippen molar-refractivity contribution in [3.8, 4) is 5.75 Å². The third-order valence-electron chi connectivity index (χ3n) is 5.74. The molecule has 0 aliphatic heterocycles. The van der Waals surface area contributed by atoms with Crippen molar-refractivity contribution in [3.05, 3.63) is 63.7 Å². The third kappa shape index (κ3) is 7.66. The Bertz CT molecular complexity index is 1250. The van der Waals surface area contributed by atoms with Crippen LogP contribution in [0, 0.1) is 17.0 Å². The molecule has 2 amide bonds. The summed E-state index contributed by atoms with van der Waals surface area (Å²) in [5, 5.41) is 14.2. The number of carbonyl (C=O) groups excluding carboxylic acids is 2. The Balaban J connectivity index is 2.58. The van der Waals surface area contributed by atoms with Gasteiger partial charge in [0.15, 0.2) is 0 Å². The number of benzene rings is 2. The first kappa shape index (κ1) is 29.6. The first-order chi connectivity index (χ1) is 17.3. The van der Waals surface area contributed by atoms with Gasteiger partial charge in [0.25, 0.3) is 5.69 Å². The van der Waals surface area contributed by atoms with Crippen molar-refractivity contribution in [2.45, 2.75) is 52.7 Å². The highest BCUT2D eigenvalue weighted by molar-refractivity contribution is 7.92. The maximum Gasteiger partial charge on any atom is 0.271 e. The van der Waals surface area contributed by atoms with E-state index in [0.29, 0.717) is 0 Å². The van der Waals surface area contributed by atoms with Gasteiger partial charge in [-0.25, -0.2) is 8.42 Å². The fraction of sp³-hybridized carbons (Fsp3) is 0.440. The number of sulfonamides is 1. The van der Waals surface area contributed by atoms with Gasteiger partial charge < -0.3 is 15.0 Å². The first-order valence-corrected chi connectivity index (χ1v) is 13.6. The van der Waals surface area contributed by atoms with Crippen LogP contribution in [0.3, 0.4) is 0 Å². The van der Waals surface area contributed by atoms with Crippen molar-refractivity contribution in [2.75, 3.05) is 24.2 Å². The number of nitrogens with zero attached hydrogens (tertiary/aromatic N) is 3. The Kier molecular flexibility index (Phi) is 10.0. The number of nitro benzene ring substituents is 1. The van der Waals surface area contributed by atoms with Crippen molar-refractivity contribution in [1.82, 2.24) is 10.2 Å². The number of methoxy groups -OCH3 is 1. The van der Waals surface area contributed by atoms with Crippen LogP contribution < -0.4 is 14.4 Å². The summed E-state index contributed by atoms with van der Waals surface area (Å²) >= 11 is 0. The summed E-state index contributed by atoms with van der Waals surface area (Å²) in [6, 6.07) is 9.84. The van der Waals surface area contributed by atoms with Crippen LogP contribution in [0.1, 0.15) is 38.3 Å². The van der Waals surface area contributed by atoms with Crippen molar-refractivity contribution < 1.29 is 27.7 Å². The molecule has 0 saturated carbocycles. The highest BCUT2D eigenvalue weighted by Gasteiger charge is 2.33. The second kappa shape index (κ2) is 12.5. The van der Waals surface area contributed by atoms with E-state index >= 15 is 0 Å². The summed E-state index contributed by atoms with van der Waals surface area (Å²) in [5.41, 5.74) is 1.18. The van der Waals surface area contributed by atoms with Gasteiger partial charge >= 0.3 is 0 Å². The zero-order valence-electron chi connectivity index (χ0n) is 21.9. The van der Waals surface area contributed by atoms with E-state index in [4.69, 9.17) is 4.74 Å². The molecule has 0 aromatic heterocycles. The number of non-ortho nitro benzene ring substituents is 1. The van der Waals surface area contributed by atoms with Crippen LogP contribution in [0.5, 0.6) is 5.75 Å². The Labute approximate surface area is 217 Å². The minimum atomic E-state index is -4.09. The fourth-order valence-electron chi connectivity index (χ4n) is 3.85. The number of carbonyl (C=O) groups is 2. The molecule has 37 heavy (non-hydrogen) atoms. The molecule has 0 fully saturated rings. The lowest BCUT2D eigenvalue weighted by molar-refractivity contribution is -0.384. The standard InChI is InChI=1S/C25H34N4O7S/c1-7-21(25(31)26-17(2)3)27(15-19-11-9-8-10-18(19)4)24(30)16-28(37(6,34)35)22-14-20(29(32)33)12-13-23(22)36-5/h8-14,17,21H,7,15-16H2,1-6H3,(H,26,31). The van der Waals surface area contributed by atoms with Crippen LogP contribution >= 0.6 is 0 Å². The van der Waals surface area contributed by atoms with Gasteiger partial charge in [0.05, 0.1) is 18.3 Å². The Morgan fingerprint density at radius 1 is 1.16 bits per heavy atom. The molecule has 0 radical (unpaired) electrons. The van der Waals surface area contributed by atoms with E-state index in [2.05, 4.69) is 5.32 Å². The average molecular weight is 535 g/mol. The van der Waals surface area contributed by atoms with Gasteiger partial charge in [-0.1, -0.05) is 31.2 Å². The van der Waals surface area contributed by atoms with Gasteiger partial charge in [0.1, 0.15) is 24.0 Å². The summed E-state index contributed by atoms with van der Waals surface area (Å²) in [6.07, 6.45) is 1.18. The number of anilines is 1. The van der Waals surface area contributed by atoms with E-state index in [1.54, 1.807) is 20.8 Å². The predicted molar refractivity (Wildman–Crippen MR) is 141 cm³/mol. The number of amides is 2. The monoisotopic (exact) mass is 534 g/mol. The summed E-state index contributed by atoms with van der Waals surface area (Å²) in [5.74, 6) is -0.967. The van der Waals surface area contributed by atoms with Crippen molar-refractivity contribution in [3.63, 3.8) is 0 Å². The van der Waals surface area contributed by atoms with Gasteiger partial charge in [0, 0.05) is 24.7 Å². The molecule has 0 heterocycles. The molecule has 12 heteroatoms. The van der Waals surface area contributed by atoms with Crippen LogP contribution in [0.25, 0.3) is 0 Å². The van der Waals surface area contributed by atoms with E-state index in [-0.39, 0.29) is 42.0 Å². The largest absolute Gasteiger partial charge is 0.495 e. The zero-order chi connectivity index (χ0) is 27.9. The molecule has 11 nitrogen and oxygen atoms in total. The maximum atomic E-state index is 13.8. The second-order valence-corrected chi connectivity index (χ2v) is 10.8. The Morgan fingerprint density at radius 2 is 1.81 bits per heavy atom. The molecule has 1 N–H and O–H groups in total. The van der Waals surface area contributed by atoms with E-state index in [1.807, 2.05) is 31.2 Å². The smallest absolute Gasteiger partial charge is 0.271 e. The SMILES string of the molecule is CCC(C(=O)NC(C)C)N(Cc1ccccc1C)C(=O)CN(c1cc([N+](=O)[O-])ccc1OC)S(C)(=O)=O. The number of ether oxygens (including phenoxy) is 1. The number of hydrogen-bond donors (Lipinski definition) is 1. The molecule has 2 aromatic rings. The lowest BCUT2D eigenvalue weighted by Crippen LogP contribution is -2.53. The Morgan fingerprint density at radius 3 is 2.32 bits per heavy atom. The van der Waals surface area contributed by atoms with Crippen molar-refractivity contribution in [1.29, 1.82) is 0 Å². The zero-order valence-corrected chi connectivity index (χ0v) is 22.7. The quantitative estimate of drug-likeness (QED) is 0.326. The molecule has 1 unspecified atom stereocenters. The number of nitrogens with one attached hydrogen (secondary N) is 1. The molecule has 0 spiro atoms. The third-order valence-corrected chi connectivity index (χ3v) is 6.87. The van der Waals surface area contributed by atoms with E-state index in [9.17, 15) is 28.1 Å². The molecule has 1 atom stereocenters. The van der Waals surface area contributed by atoms with Gasteiger partial charge in [-0.05, 0) is 44.4 Å². The molecule has 2 rings (SSSR count). The van der Waals surface area contributed by atoms with Crippen molar-refractivity contribution in [2.24, 2.45) is 0 Å². The fourth-order valence-corrected chi connectivity index (χ4v) is 4.70. The number of nitro groups is 1. The summed E-state index contributed by atoms with van der Waals surface area (Å²) < 4.78 is 31.6. The van der Waals surface area contributed by atoms with Crippen LogP contribution in [-0.4, -0.2) is 62.0 Å². The van der Waals surface area contributed by atoms with Crippen LogP contribution in [-0.2, 0) is 26.2 Å². The highest BCUT2D eigenvalue weighted by Crippen LogP contribution is 2.34. The molecular weight excluding hydrogens is 500 g/mol.